The summed E-state index contributed by atoms with van der Waals surface area (Å²) in [6.45, 7) is 1.75. The van der Waals surface area contributed by atoms with Gasteiger partial charge in [0.1, 0.15) is 0 Å². The summed E-state index contributed by atoms with van der Waals surface area (Å²) in [5.74, 6) is -12.2. The third-order valence-corrected chi connectivity index (χ3v) is 10.3. The number of aryl methyl sites for hydroxylation is 1. The summed E-state index contributed by atoms with van der Waals surface area (Å²) in [5.41, 5.74) is 0.725. The largest absolute Gasteiger partial charge is 0.313 e. The van der Waals surface area contributed by atoms with Crippen molar-refractivity contribution in [3.8, 4) is 0 Å². The van der Waals surface area contributed by atoms with Gasteiger partial charge in [-0.2, -0.15) is 8.42 Å². The summed E-state index contributed by atoms with van der Waals surface area (Å²) in [7, 11) is -8.85. The van der Waals surface area contributed by atoms with Crippen LogP contribution in [0.1, 0.15) is 5.56 Å². The Bertz CT molecular complexity index is 1430. The van der Waals surface area contributed by atoms with Gasteiger partial charge in [-0.05, 0) is 59.2 Å². The molecule has 0 aliphatic carbocycles. The monoisotopic (exact) mass is 524 g/mol. The van der Waals surface area contributed by atoms with Gasteiger partial charge in [0, 0.05) is 14.7 Å². The van der Waals surface area contributed by atoms with Crippen LogP contribution in [0.15, 0.2) is 105 Å². The topological polar surface area (TPSA) is 43.4 Å². The minimum absolute atomic E-state index is 0.323. The van der Waals surface area contributed by atoms with E-state index in [1.54, 1.807) is 91.9 Å². The predicted molar refractivity (Wildman–Crippen MR) is 121 cm³/mol. The van der Waals surface area contributed by atoms with Gasteiger partial charge >= 0.3 is 10.1 Å². The molecule has 4 aromatic carbocycles. The van der Waals surface area contributed by atoms with Crippen molar-refractivity contribution in [2.24, 2.45) is 0 Å². The Morgan fingerprint density at radius 2 is 1.00 bits per heavy atom. The van der Waals surface area contributed by atoms with Crippen molar-refractivity contribution in [1.29, 1.82) is 0 Å². The molecule has 35 heavy (non-hydrogen) atoms. The average molecular weight is 525 g/mol. The highest BCUT2D eigenvalue weighted by atomic mass is 32.3. The van der Waals surface area contributed by atoms with Crippen molar-refractivity contribution < 1.29 is 34.0 Å². The minimum Gasteiger partial charge on any atom is -0.203 e. The second-order valence-corrected chi connectivity index (χ2v) is 11.8. The van der Waals surface area contributed by atoms with Crippen molar-refractivity contribution in [3.63, 3.8) is 0 Å². The third-order valence-electron chi connectivity index (χ3n) is 5.08. The van der Waals surface area contributed by atoms with Crippen LogP contribution in [0, 0.1) is 36.0 Å². The number of rotatable bonds is 6. The molecule has 0 N–H and O–H groups in total. The smallest absolute Gasteiger partial charge is 0.203 e. The van der Waals surface area contributed by atoms with Crippen molar-refractivity contribution >= 4 is 20.4 Å². The normalized spacial score (nSPS) is 12.5. The second-order valence-electron chi connectivity index (χ2n) is 7.42. The Morgan fingerprint density at radius 1 is 0.571 bits per heavy atom. The van der Waals surface area contributed by atoms with E-state index in [4.69, 9.17) is 3.63 Å². The molecular weight excluding hydrogens is 507 g/mol. The molecule has 0 aliphatic heterocycles. The van der Waals surface area contributed by atoms with Crippen LogP contribution in [0.25, 0.3) is 0 Å². The fourth-order valence-electron chi connectivity index (χ4n) is 3.52. The number of halogens is 5. The zero-order valence-corrected chi connectivity index (χ0v) is 19.6. The molecule has 0 atom stereocenters. The first kappa shape index (κ1) is 24.9. The van der Waals surface area contributed by atoms with E-state index >= 15 is 0 Å². The van der Waals surface area contributed by atoms with E-state index in [-0.39, 0.29) is 0 Å². The lowest BCUT2D eigenvalue weighted by Crippen LogP contribution is -2.19. The molecule has 4 rings (SSSR count). The maximum atomic E-state index is 14.6. The van der Waals surface area contributed by atoms with Crippen molar-refractivity contribution in [2.45, 2.75) is 26.5 Å². The van der Waals surface area contributed by atoms with Gasteiger partial charge in [0.2, 0.25) is 5.82 Å². The molecule has 0 saturated carbocycles. The summed E-state index contributed by atoms with van der Waals surface area (Å²) in [6, 6.07) is 22.7. The van der Waals surface area contributed by atoms with Crippen molar-refractivity contribution in [1.82, 2.24) is 0 Å². The maximum Gasteiger partial charge on any atom is 0.313 e. The Labute approximate surface area is 200 Å². The van der Waals surface area contributed by atoms with Gasteiger partial charge < -0.3 is 0 Å². The lowest BCUT2D eigenvalue weighted by atomic mass is 10.2. The molecule has 0 amide bonds. The van der Waals surface area contributed by atoms with E-state index < -0.39 is 54.4 Å². The molecule has 0 bridgehead atoms. The molecular formula is C25H17F5O3S2. The zero-order chi connectivity index (χ0) is 25.4. The predicted octanol–water partition coefficient (Wildman–Crippen LogP) is 7.29. The fraction of sp³-hybridized carbons (Fsp3) is 0.0400. The summed E-state index contributed by atoms with van der Waals surface area (Å²) in [6.07, 6.45) is 0. The molecule has 0 fully saturated rings. The number of hydrogen-bond acceptors (Lipinski definition) is 3. The van der Waals surface area contributed by atoms with Crippen LogP contribution < -0.4 is 0 Å². The molecule has 3 nitrogen and oxygen atoms in total. The van der Waals surface area contributed by atoms with Crippen molar-refractivity contribution in [3.05, 3.63) is 120 Å². The maximum absolute atomic E-state index is 14.6. The molecule has 0 radical (unpaired) electrons. The number of benzene rings is 4. The zero-order valence-electron chi connectivity index (χ0n) is 18.0. The lowest BCUT2D eigenvalue weighted by Gasteiger charge is -2.39. The Kier molecular flexibility index (Phi) is 6.72. The third kappa shape index (κ3) is 4.33. The highest BCUT2D eigenvalue weighted by Crippen LogP contribution is 2.70. The Morgan fingerprint density at radius 3 is 1.46 bits per heavy atom. The quantitative estimate of drug-likeness (QED) is 0.151. The first-order valence-electron chi connectivity index (χ1n) is 10.1. The van der Waals surface area contributed by atoms with Crippen LogP contribution in [-0.4, -0.2) is 8.42 Å². The van der Waals surface area contributed by atoms with E-state index in [1.807, 2.05) is 0 Å². The van der Waals surface area contributed by atoms with Gasteiger partial charge in [-0.15, -0.1) is 0 Å². The van der Waals surface area contributed by atoms with Gasteiger partial charge in [-0.3, -0.25) is 0 Å². The van der Waals surface area contributed by atoms with E-state index in [2.05, 4.69) is 0 Å². The van der Waals surface area contributed by atoms with Crippen LogP contribution >= 0.6 is 10.3 Å². The molecule has 0 spiro atoms. The summed E-state index contributed by atoms with van der Waals surface area (Å²) >= 11 is 0. The van der Waals surface area contributed by atoms with Gasteiger partial charge in [0.05, 0.1) is 0 Å². The SMILES string of the molecule is Cc1cccc(S(OS(=O)(=O)c2c(F)c(F)c(F)c(F)c2F)(c2ccccc2)c2ccccc2)c1. The Balaban J connectivity index is 2.08. The molecule has 0 unspecified atom stereocenters. The van der Waals surface area contributed by atoms with Crippen LogP contribution in [0.4, 0.5) is 22.0 Å². The van der Waals surface area contributed by atoms with Crippen LogP contribution in [-0.2, 0) is 13.7 Å². The van der Waals surface area contributed by atoms with Gasteiger partial charge in [-0.25, -0.2) is 25.6 Å². The fourth-order valence-corrected chi connectivity index (χ4v) is 8.94. The summed E-state index contributed by atoms with van der Waals surface area (Å²) < 4.78 is 103. The first-order valence-corrected chi connectivity index (χ1v) is 13.0. The van der Waals surface area contributed by atoms with E-state index in [9.17, 15) is 30.4 Å². The first-order chi connectivity index (χ1) is 16.6. The summed E-state index contributed by atoms with van der Waals surface area (Å²) in [5, 5.41) is 0. The standard InChI is InChI=1S/C25H17F5O3S2/c1-16-9-8-14-19(15-16)34(17-10-4-2-5-11-17,18-12-6-3-7-13-18)33-35(31,32)25-23(29)21(27)20(26)22(28)24(25)30/h2-15H,1H3. The van der Waals surface area contributed by atoms with Gasteiger partial charge in [0.25, 0.3) is 0 Å². The molecule has 0 aliphatic rings. The van der Waals surface area contributed by atoms with Crippen molar-refractivity contribution in [2.75, 3.05) is 0 Å². The Hall–Kier alpha value is -3.21. The van der Waals surface area contributed by atoms with E-state index in [0.717, 1.165) is 5.56 Å². The molecule has 182 valence electrons. The minimum atomic E-state index is -5.56. The molecule has 4 aromatic rings. The van der Waals surface area contributed by atoms with E-state index in [1.165, 1.54) is 0 Å². The van der Waals surface area contributed by atoms with Crippen LogP contribution in [0.5, 0.6) is 0 Å². The van der Waals surface area contributed by atoms with Crippen LogP contribution in [0.2, 0.25) is 0 Å². The van der Waals surface area contributed by atoms with E-state index in [0.29, 0.717) is 14.7 Å². The number of hydrogen-bond donors (Lipinski definition) is 0. The molecule has 0 aromatic heterocycles. The highest BCUT2D eigenvalue weighted by Gasteiger charge is 2.42. The van der Waals surface area contributed by atoms with Gasteiger partial charge in [-0.1, -0.05) is 48.5 Å². The lowest BCUT2D eigenvalue weighted by molar-refractivity contribution is 0.354. The molecule has 0 heterocycles. The summed E-state index contributed by atoms with van der Waals surface area (Å²) in [4.78, 5) is -1.07. The second kappa shape index (κ2) is 9.44. The van der Waals surface area contributed by atoms with Crippen LogP contribution in [0.3, 0.4) is 0 Å². The molecule has 10 heteroatoms. The van der Waals surface area contributed by atoms with Gasteiger partial charge in [0.15, 0.2) is 28.2 Å². The average Bonchev–Trinajstić information content (AvgIpc) is 2.86. The molecule has 0 saturated heterocycles. The highest BCUT2D eigenvalue weighted by molar-refractivity contribution is 8.33.